The molecule has 1 saturated heterocycles. The van der Waals surface area contributed by atoms with Crippen molar-refractivity contribution in [2.45, 2.75) is 212 Å². The van der Waals surface area contributed by atoms with E-state index in [0.29, 0.717) is 32.1 Å². The average Bonchev–Trinajstić information content (AvgIpc) is 3.37. The van der Waals surface area contributed by atoms with Crippen LogP contribution in [0.3, 0.4) is 0 Å². The van der Waals surface area contributed by atoms with Crippen molar-refractivity contribution in [3.05, 3.63) is 134 Å². The Morgan fingerprint density at radius 2 is 0.890 bits per heavy atom. The second-order valence-electron chi connectivity index (χ2n) is 17.7. The van der Waals surface area contributed by atoms with Crippen LogP contribution in [0.2, 0.25) is 0 Å². The Bertz CT molecular complexity index is 1780. The fourth-order valence-electron chi connectivity index (χ4n) is 7.09. The van der Waals surface area contributed by atoms with Crippen molar-refractivity contribution in [2.24, 2.45) is 0 Å². The number of unbranched alkanes of at least 4 members (excludes halogenated alkanes) is 7. The minimum absolute atomic E-state index is 0.0175. The van der Waals surface area contributed by atoms with Crippen LogP contribution in [-0.2, 0) is 42.9 Å². The molecule has 1 heterocycles. The van der Waals surface area contributed by atoms with Gasteiger partial charge in [-0.3, -0.25) is 14.4 Å². The van der Waals surface area contributed by atoms with Crippen LogP contribution in [0.25, 0.3) is 0 Å². The lowest BCUT2D eigenvalue weighted by atomic mass is 9.98. The van der Waals surface area contributed by atoms with E-state index >= 15 is 0 Å². The summed E-state index contributed by atoms with van der Waals surface area (Å²) in [5, 5.41) is 31.3. The molecule has 6 unspecified atom stereocenters. The molecule has 1 fully saturated rings. The zero-order valence-electron chi connectivity index (χ0n) is 44.6. The molecule has 0 aromatic rings. The molecule has 6 atom stereocenters. The van der Waals surface area contributed by atoms with Gasteiger partial charge in [0.15, 0.2) is 24.6 Å². The second-order valence-corrected chi connectivity index (χ2v) is 17.7. The van der Waals surface area contributed by atoms with Gasteiger partial charge in [-0.25, -0.2) is 4.79 Å². The molecule has 0 amide bonds. The molecule has 1 aliphatic heterocycles. The van der Waals surface area contributed by atoms with Crippen molar-refractivity contribution in [1.29, 1.82) is 0 Å². The van der Waals surface area contributed by atoms with Gasteiger partial charge in [0.2, 0.25) is 0 Å². The predicted octanol–water partition coefficient (Wildman–Crippen LogP) is 13.4. The van der Waals surface area contributed by atoms with E-state index in [-0.39, 0.29) is 19.3 Å². The van der Waals surface area contributed by atoms with E-state index in [0.717, 1.165) is 89.9 Å². The molecule has 12 nitrogen and oxygen atoms in total. The van der Waals surface area contributed by atoms with Crippen LogP contribution in [0, 0.1) is 0 Å². The Kier molecular flexibility index (Phi) is 43.2. The summed E-state index contributed by atoms with van der Waals surface area (Å²) in [5.74, 6) is -3.38. The number of rotatable bonds is 43. The first-order chi connectivity index (χ1) is 35.6. The number of ether oxygens (including phenoxy) is 5. The van der Waals surface area contributed by atoms with Crippen LogP contribution in [0.4, 0.5) is 0 Å². The molecule has 0 bridgehead atoms. The molecule has 3 N–H and O–H groups in total. The highest BCUT2D eigenvalue weighted by Crippen LogP contribution is 2.26. The summed E-state index contributed by atoms with van der Waals surface area (Å²) in [5.41, 5.74) is 0. The maximum atomic E-state index is 13.0. The van der Waals surface area contributed by atoms with Crippen LogP contribution in [0.5, 0.6) is 0 Å². The highest BCUT2D eigenvalue weighted by molar-refractivity contribution is 5.74. The summed E-state index contributed by atoms with van der Waals surface area (Å²) in [6, 6.07) is 0. The summed E-state index contributed by atoms with van der Waals surface area (Å²) in [6.07, 6.45) is 54.7. The lowest BCUT2D eigenvalue weighted by Gasteiger charge is -2.40. The number of carboxylic acid groups (broad SMARTS) is 1. The van der Waals surface area contributed by atoms with Gasteiger partial charge in [-0.1, -0.05) is 187 Å². The van der Waals surface area contributed by atoms with Crippen molar-refractivity contribution < 1.29 is 58.2 Å². The van der Waals surface area contributed by atoms with Crippen LogP contribution in [0.1, 0.15) is 175 Å². The molecule has 0 radical (unpaired) electrons. The van der Waals surface area contributed by atoms with Gasteiger partial charge >= 0.3 is 23.9 Å². The molecule has 1 aliphatic rings. The van der Waals surface area contributed by atoms with Gasteiger partial charge in [0.1, 0.15) is 18.8 Å². The van der Waals surface area contributed by atoms with Gasteiger partial charge in [0, 0.05) is 19.3 Å². The van der Waals surface area contributed by atoms with E-state index in [2.05, 4.69) is 124 Å². The molecular weight excluding hydrogens is 925 g/mol. The van der Waals surface area contributed by atoms with E-state index < -0.39 is 73.9 Å². The Balaban J connectivity index is 2.81. The van der Waals surface area contributed by atoms with E-state index in [1.54, 1.807) is 0 Å². The number of carboxylic acids is 1. The smallest absolute Gasteiger partial charge is 0.335 e. The molecule has 0 spiro atoms. The lowest BCUT2D eigenvalue weighted by molar-refractivity contribution is -0.301. The van der Waals surface area contributed by atoms with Crippen LogP contribution >= 0.6 is 0 Å². The standard InChI is InChI=1S/C61H92O12/c1-4-7-10-13-16-19-22-24-25-26-27-28-29-31-33-35-38-41-44-47-53(62)69-50-52(71-54(63)48-45-42-39-37-34-30-23-20-17-14-11-8-5-2)51-70-61-59(57(66)56(65)58(73-61)60(67)68)72-55(64)49-46-43-40-36-32-21-18-15-12-9-6-3/h7-8,10-11,15-20,24-25,27-28,30-31,33-34,38-39,41-42,52,56-59,61,65-66H,4-6,9,12-14,21-23,26,29,32,35-37,40,43-51H2,1-3H3,(H,67,68)/b10-7-,11-8-,18-15-,19-16-,20-17-,25-24-,28-27-,33-31-,34-30-,41-38-,42-39-. The van der Waals surface area contributed by atoms with Gasteiger partial charge in [-0.05, 0) is 103 Å². The zero-order valence-corrected chi connectivity index (χ0v) is 44.6. The van der Waals surface area contributed by atoms with Crippen molar-refractivity contribution in [3.8, 4) is 0 Å². The van der Waals surface area contributed by atoms with Gasteiger partial charge in [-0.15, -0.1) is 0 Å². The molecule has 0 aromatic carbocycles. The number of aliphatic carboxylic acids is 1. The fraction of sp³-hybridized carbons (Fsp3) is 0.574. The number of hydrogen-bond donors (Lipinski definition) is 3. The molecule has 0 aromatic heterocycles. The summed E-state index contributed by atoms with van der Waals surface area (Å²) in [4.78, 5) is 50.8. The van der Waals surface area contributed by atoms with Crippen molar-refractivity contribution in [3.63, 3.8) is 0 Å². The van der Waals surface area contributed by atoms with Crippen molar-refractivity contribution >= 4 is 23.9 Å². The normalized spacial score (nSPS) is 19.4. The molecule has 0 saturated carbocycles. The molecule has 408 valence electrons. The van der Waals surface area contributed by atoms with E-state index in [1.165, 1.54) is 12.8 Å². The number of carbonyl (C=O) groups is 4. The third-order valence-electron chi connectivity index (χ3n) is 11.2. The van der Waals surface area contributed by atoms with Crippen LogP contribution < -0.4 is 0 Å². The van der Waals surface area contributed by atoms with E-state index in [1.807, 2.05) is 30.4 Å². The number of hydrogen-bond acceptors (Lipinski definition) is 11. The zero-order chi connectivity index (χ0) is 53.3. The van der Waals surface area contributed by atoms with Gasteiger partial charge < -0.3 is 39.0 Å². The minimum Gasteiger partial charge on any atom is -0.479 e. The lowest BCUT2D eigenvalue weighted by Crippen LogP contribution is -2.61. The molecule has 73 heavy (non-hydrogen) atoms. The Hall–Kier alpha value is -5.14. The van der Waals surface area contributed by atoms with Crippen molar-refractivity contribution in [2.75, 3.05) is 13.2 Å². The Labute approximate surface area is 439 Å². The summed E-state index contributed by atoms with van der Waals surface area (Å²) >= 11 is 0. The minimum atomic E-state index is -1.93. The molecular formula is C61H92O12. The number of carbonyl (C=O) groups excluding carboxylic acids is 3. The average molecular weight is 1020 g/mol. The second kappa shape index (κ2) is 47.8. The predicted molar refractivity (Wildman–Crippen MR) is 293 cm³/mol. The quantitative estimate of drug-likeness (QED) is 0.0228. The van der Waals surface area contributed by atoms with Crippen molar-refractivity contribution in [1.82, 2.24) is 0 Å². The Morgan fingerprint density at radius 3 is 1.37 bits per heavy atom. The monoisotopic (exact) mass is 1020 g/mol. The highest BCUT2D eigenvalue weighted by Gasteiger charge is 2.50. The first kappa shape index (κ1) is 65.9. The Morgan fingerprint density at radius 1 is 0.466 bits per heavy atom. The number of aliphatic hydroxyl groups is 2. The molecule has 12 heteroatoms. The third kappa shape index (κ3) is 38.2. The fourth-order valence-corrected chi connectivity index (χ4v) is 7.09. The van der Waals surface area contributed by atoms with Gasteiger partial charge in [-0.2, -0.15) is 0 Å². The largest absolute Gasteiger partial charge is 0.479 e. The van der Waals surface area contributed by atoms with Gasteiger partial charge in [0.05, 0.1) is 6.61 Å². The first-order valence-corrected chi connectivity index (χ1v) is 27.2. The first-order valence-electron chi connectivity index (χ1n) is 27.2. The summed E-state index contributed by atoms with van der Waals surface area (Å²) in [6.45, 7) is 5.54. The van der Waals surface area contributed by atoms with E-state index in [9.17, 15) is 34.5 Å². The van der Waals surface area contributed by atoms with Gasteiger partial charge in [0.25, 0.3) is 0 Å². The highest BCUT2D eigenvalue weighted by atomic mass is 16.7. The maximum Gasteiger partial charge on any atom is 0.335 e. The SMILES string of the molecule is CC/C=C\C/C=C\C/C=C\C/C=C\C/C=C\C/C=C\CCC(=O)OCC(COC1OC(C(=O)O)C(O)C(O)C1OC(=O)CCCCCCC/C=C\CCCC)OC(=O)CC/C=C\C/C=C\C/C=C\C/C=C\CC. The molecule has 1 rings (SSSR count). The maximum absolute atomic E-state index is 13.0. The molecule has 0 aliphatic carbocycles. The third-order valence-corrected chi connectivity index (χ3v) is 11.2. The van der Waals surface area contributed by atoms with Crippen LogP contribution in [0.15, 0.2) is 134 Å². The number of allylic oxidation sites excluding steroid dienone is 22. The number of esters is 3. The summed E-state index contributed by atoms with van der Waals surface area (Å²) < 4.78 is 28.1. The van der Waals surface area contributed by atoms with E-state index in [4.69, 9.17) is 23.7 Å². The number of aliphatic hydroxyl groups excluding tert-OH is 2. The summed E-state index contributed by atoms with van der Waals surface area (Å²) in [7, 11) is 0. The van der Waals surface area contributed by atoms with Crippen LogP contribution in [-0.4, -0.2) is 89.2 Å². The topological polar surface area (TPSA) is 175 Å².